The van der Waals surface area contributed by atoms with Gasteiger partial charge in [0.25, 0.3) is 5.91 Å². The summed E-state index contributed by atoms with van der Waals surface area (Å²) in [6.07, 6.45) is 1.49. The minimum Gasteiger partial charge on any atom is -0.440 e. The summed E-state index contributed by atoms with van der Waals surface area (Å²) in [6, 6.07) is 5.19. The number of amides is 1. The molecule has 1 aliphatic carbocycles. The monoisotopic (exact) mass is 390 g/mol. The average Bonchev–Trinajstić information content (AvgIpc) is 3.26. The number of oxazole rings is 1. The van der Waals surface area contributed by atoms with Gasteiger partial charge in [-0.15, -0.1) is 0 Å². The van der Waals surface area contributed by atoms with Crippen LogP contribution in [0, 0.1) is 0 Å². The SMILES string of the molecule is C=CC(=O)N(Cc1cnn(CC(F)(F)F)c1)c1ccc2nc(C3CC3)oc2c1. The van der Waals surface area contributed by atoms with E-state index in [9.17, 15) is 18.0 Å². The molecule has 4 rings (SSSR count). The second kappa shape index (κ2) is 6.81. The van der Waals surface area contributed by atoms with Crippen LogP contribution in [0.5, 0.6) is 0 Å². The first-order chi connectivity index (χ1) is 13.3. The maximum absolute atomic E-state index is 12.5. The molecule has 0 bridgehead atoms. The van der Waals surface area contributed by atoms with E-state index in [-0.39, 0.29) is 12.5 Å². The minimum atomic E-state index is -4.36. The number of hydrogen-bond acceptors (Lipinski definition) is 4. The van der Waals surface area contributed by atoms with Crippen molar-refractivity contribution in [2.75, 3.05) is 4.90 Å². The molecule has 0 spiro atoms. The fraction of sp³-hybridized carbons (Fsp3) is 0.316. The zero-order valence-corrected chi connectivity index (χ0v) is 14.8. The molecule has 146 valence electrons. The molecule has 2 aromatic heterocycles. The number of alkyl halides is 3. The summed E-state index contributed by atoms with van der Waals surface area (Å²) in [4.78, 5) is 18.2. The maximum Gasteiger partial charge on any atom is 0.408 e. The van der Waals surface area contributed by atoms with Crippen LogP contribution in [0.2, 0.25) is 0 Å². The van der Waals surface area contributed by atoms with E-state index in [0.717, 1.165) is 23.6 Å². The molecule has 1 aliphatic rings. The van der Waals surface area contributed by atoms with Crippen LogP contribution >= 0.6 is 0 Å². The Labute approximate surface area is 158 Å². The van der Waals surface area contributed by atoms with Crippen molar-refractivity contribution >= 4 is 22.7 Å². The highest BCUT2D eigenvalue weighted by molar-refractivity contribution is 6.01. The molecule has 6 nitrogen and oxygen atoms in total. The summed E-state index contributed by atoms with van der Waals surface area (Å²) >= 11 is 0. The highest BCUT2D eigenvalue weighted by Crippen LogP contribution is 2.41. The van der Waals surface area contributed by atoms with Gasteiger partial charge in [-0.2, -0.15) is 18.3 Å². The molecule has 0 radical (unpaired) electrons. The van der Waals surface area contributed by atoms with Crippen molar-refractivity contribution < 1.29 is 22.4 Å². The molecule has 2 heterocycles. The summed E-state index contributed by atoms with van der Waals surface area (Å²) in [5.74, 6) is 0.674. The van der Waals surface area contributed by atoms with Gasteiger partial charge in [-0.25, -0.2) is 4.98 Å². The van der Waals surface area contributed by atoms with Crippen LogP contribution < -0.4 is 4.90 Å². The number of aromatic nitrogens is 3. The topological polar surface area (TPSA) is 64.2 Å². The Kier molecular flexibility index (Phi) is 4.44. The third kappa shape index (κ3) is 3.92. The van der Waals surface area contributed by atoms with E-state index in [2.05, 4.69) is 16.7 Å². The molecule has 1 aromatic carbocycles. The van der Waals surface area contributed by atoms with Gasteiger partial charge in [0.1, 0.15) is 12.1 Å². The fourth-order valence-electron chi connectivity index (χ4n) is 2.95. The Hall–Kier alpha value is -3.10. The highest BCUT2D eigenvalue weighted by atomic mass is 19.4. The number of halogens is 3. The molecule has 1 amide bonds. The predicted molar refractivity (Wildman–Crippen MR) is 95.7 cm³/mol. The number of hydrogen-bond donors (Lipinski definition) is 0. The standard InChI is InChI=1S/C19H17F3N4O2/c1-2-17(27)26(10-12-8-23-25(9-12)11-19(20,21)22)14-5-6-15-16(7-14)28-18(24-15)13-3-4-13/h2,5-9,13H,1,3-4,10-11H2. The van der Waals surface area contributed by atoms with E-state index in [1.807, 2.05) is 0 Å². The lowest BCUT2D eigenvalue weighted by Crippen LogP contribution is -2.28. The molecular weight excluding hydrogens is 373 g/mol. The highest BCUT2D eigenvalue weighted by Gasteiger charge is 2.30. The van der Waals surface area contributed by atoms with Crippen LogP contribution in [0.25, 0.3) is 11.1 Å². The van der Waals surface area contributed by atoms with Gasteiger partial charge in [-0.05, 0) is 31.1 Å². The van der Waals surface area contributed by atoms with Crippen LogP contribution in [0.15, 0.2) is 47.7 Å². The van der Waals surface area contributed by atoms with Gasteiger partial charge in [-0.1, -0.05) is 6.58 Å². The van der Waals surface area contributed by atoms with Crippen molar-refractivity contribution in [1.29, 1.82) is 0 Å². The van der Waals surface area contributed by atoms with Gasteiger partial charge in [0.15, 0.2) is 11.5 Å². The number of anilines is 1. The molecule has 0 N–H and O–H groups in total. The van der Waals surface area contributed by atoms with Crippen LogP contribution in [0.1, 0.15) is 30.2 Å². The average molecular weight is 390 g/mol. The van der Waals surface area contributed by atoms with E-state index >= 15 is 0 Å². The van der Waals surface area contributed by atoms with E-state index in [1.54, 1.807) is 18.2 Å². The maximum atomic E-state index is 12.5. The van der Waals surface area contributed by atoms with Crippen molar-refractivity contribution in [3.8, 4) is 0 Å². The van der Waals surface area contributed by atoms with Crippen LogP contribution in [0.3, 0.4) is 0 Å². The van der Waals surface area contributed by atoms with Crippen LogP contribution in [-0.4, -0.2) is 26.8 Å². The number of fused-ring (bicyclic) bond motifs is 1. The number of carbonyl (C=O) groups excluding carboxylic acids is 1. The lowest BCUT2D eigenvalue weighted by atomic mass is 10.2. The summed E-state index contributed by atoms with van der Waals surface area (Å²) in [5.41, 5.74) is 2.28. The third-order valence-electron chi connectivity index (χ3n) is 4.44. The molecule has 0 saturated heterocycles. The van der Waals surface area contributed by atoms with Gasteiger partial charge in [0.05, 0.1) is 12.7 Å². The van der Waals surface area contributed by atoms with Gasteiger partial charge in [0.2, 0.25) is 0 Å². The lowest BCUT2D eigenvalue weighted by molar-refractivity contribution is -0.142. The van der Waals surface area contributed by atoms with Crippen molar-refractivity contribution in [2.24, 2.45) is 0 Å². The normalized spacial score (nSPS) is 14.4. The van der Waals surface area contributed by atoms with Crippen LogP contribution in [0.4, 0.5) is 18.9 Å². The fourth-order valence-corrected chi connectivity index (χ4v) is 2.95. The molecule has 28 heavy (non-hydrogen) atoms. The van der Waals surface area contributed by atoms with Crippen molar-refractivity contribution in [3.63, 3.8) is 0 Å². The largest absolute Gasteiger partial charge is 0.440 e. The molecule has 9 heteroatoms. The van der Waals surface area contributed by atoms with Crippen molar-refractivity contribution in [2.45, 2.75) is 38.0 Å². The van der Waals surface area contributed by atoms with Gasteiger partial charge in [0, 0.05) is 29.4 Å². The molecule has 3 aromatic rings. The Balaban J connectivity index is 1.60. The summed E-state index contributed by atoms with van der Waals surface area (Å²) in [5, 5.41) is 3.72. The second-order valence-electron chi connectivity index (χ2n) is 6.77. The van der Waals surface area contributed by atoms with E-state index in [4.69, 9.17) is 4.42 Å². The predicted octanol–water partition coefficient (Wildman–Crippen LogP) is 4.18. The van der Waals surface area contributed by atoms with E-state index in [0.29, 0.717) is 34.2 Å². The minimum absolute atomic E-state index is 0.0534. The Morgan fingerprint density at radius 1 is 1.39 bits per heavy atom. The molecule has 1 saturated carbocycles. The molecule has 0 atom stereocenters. The first-order valence-corrected chi connectivity index (χ1v) is 8.75. The van der Waals surface area contributed by atoms with Gasteiger partial charge >= 0.3 is 6.18 Å². The smallest absolute Gasteiger partial charge is 0.408 e. The lowest BCUT2D eigenvalue weighted by Gasteiger charge is -2.20. The number of rotatable bonds is 6. The molecule has 0 unspecified atom stereocenters. The molecule has 0 aliphatic heterocycles. The second-order valence-corrected chi connectivity index (χ2v) is 6.77. The Bertz CT molecular complexity index is 1030. The first-order valence-electron chi connectivity index (χ1n) is 8.75. The van der Waals surface area contributed by atoms with Crippen molar-refractivity contribution in [1.82, 2.24) is 14.8 Å². The Morgan fingerprint density at radius 2 is 2.18 bits per heavy atom. The molecular formula is C19H17F3N4O2. The van der Waals surface area contributed by atoms with Crippen LogP contribution in [-0.2, 0) is 17.9 Å². The van der Waals surface area contributed by atoms with Crippen molar-refractivity contribution in [3.05, 3.63) is 54.7 Å². The zero-order chi connectivity index (χ0) is 19.9. The first kappa shape index (κ1) is 18.3. The summed E-state index contributed by atoms with van der Waals surface area (Å²) in [7, 11) is 0. The van der Waals surface area contributed by atoms with Gasteiger partial charge < -0.3 is 9.32 Å². The van der Waals surface area contributed by atoms with Gasteiger partial charge in [-0.3, -0.25) is 9.48 Å². The Morgan fingerprint density at radius 3 is 2.86 bits per heavy atom. The van der Waals surface area contributed by atoms with E-state index < -0.39 is 12.7 Å². The zero-order valence-electron chi connectivity index (χ0n) is 14.8. The molecule has 1 fully saturated rings. The quantitative estimate of drug-likeness (QED) is 0.592. The number of carbonyl (C=O) groups is 1. The van der Waals surface area contributed by atoms with E-state index in [1.165, 1.54) is 17.3 Å². The summed E-state index contributed by atoms with van der Waals surface area (Å²) < 4.78 is 44.1. The number of nitrogens with zero attached hydrogens (tertiary/aromatic N) is 4. The number of benzene rings is 1. The summed E-state index contributed by atoms with van der Waals surface area (Å²) in [6.45, 7) is 2.37. The third-order valence-corrected chi connectivity index (χ3v) is 4.44.